The van der Waals surface area contributed by atoms with Gasteiger partial charge in [-0.05, 0) is 61.4 Å². The lowest BCUT2D eigenvalue weighted by Crippen LogP contribution is -2.46. The molecule has 1 aromatic heterocycles. The summed E-state index contributed by atoms with van der Waals surface area (Å²) >= 11 is 6.05. The van der Waals surface area contributed by atoms with E-state index in [4.69, 9.17) is 30.2 Å². The van der Waals surface area contributed by atoms with E-state index in [0.29, 0.717) is 40.9 Å². The maximum absolute atomic E-state index is 13.5. The Bertz CT molecular complexity index is 1210. The van der Waals surface area contributed by atoms with E-state index in [1.165, 1.54) is 4.90 Å². The van der Waals surface area contributed by atoms with Gasteiger partial charge in [0.05, 0.1) is 27.4 Å². The molecule has 38 heavy (non-hydrogen) atoms. The lowest BCUT2D eigenvalue weighted by molar-refractivity contribution is -0.132. The van der Waals surface area contributed by atoms with Gasteiger partial charge in [-0.2, -0.15) is 0 Å². The van der Waals surface area contributed by atoms with Gasteiger partial charge in [0.1, 0.15) is 18.1 Å². The highest BCUT2D eigenvalue weighted by Gasteiger charge is 2.23. The van der Waals surface area contributed by atoms with Gasteiger partial charge in [-0.1, -0.05) is 23.7 Å². The molecule has 0 spiro atoms. The largest absolute Gasteiger partial charge is 0.493 e. The van der Waals surface area contributed by atoms with Gasteiger partial charge in [0.25, 0.3) is 0 Å². The summed E-state index contributed by atoms with van der Waals surface area (Å²) in [6.07, 6.45) is 0.568. The summed E-state index contributed by atoms with van der Waals surface area (Å²) in [7, 11) is 4.71. The Labute approximate surface area is 228 Å². The van der Waals surface area contributed by atoms with Crippen molar-refractivity contribution in [1.29, 1.82) is 0 Å². The zero-order valence-corrected chi connectivity index (χ0v) is 22.9. The Morgan fingerprint density at radius 3 is 2.39 bits per heavy atom. The summed E-state index contributed by atoms with van der Waals surface area (Å²) in [5.41, 5.74) is 1.51. The van der Waals surface area contributed by atoms with Crippen LogP contribution in [0.4, 0.5) is 10.5 Å². The Morgan fingerprint density at radius 2 is 1.74 bits per heavy atom. The van der Waals surface area contributed by atoms with E-state index in [0.717, 1.165) is 11.3 Å². The predicted octanol–water partition coefficient (Wildman–Crippen LogP) is 5.01. The highest BCUT2D eigenvalue weighted by Crippen LogP contribution is 2.28. The first-order valence-corrected chi connectivity index (χ1v) is 12.5. The molecule has 0 atom stereocenters. The molecular formula is C28H34ClN3O6. The maximum atomic E-state index is 13.5. The van der Waals surface area contributed by atoms with Crippen molar-refractivity contribution in [2.24, 2.45) is 0 Å². The molecule has 0 aliphatic rings. The Kier molecular flexibility index (Phi) is 10.9. The van der Waals surface area contributed by atoms with Crippen molar-refractivity contribution >= 4 is 29.2 Å². The quantitative estimate of drug-likeness (QED) is 0.326. The minimum atomic E-state index is -0.425. The number of anilines is 1. The smallest absolute Gasteiger partial charge is 0.322 e. The zero-order chi connectivity index (χ0) is 27.5. The number of carbonyl (C=O) groups excluding carboxylic acids is 2. The Balaban J connectivity index is 1.75. The number of halogens is 1. The van der Waals surface area contributed by atoms with Crippen LogP contribution in [0, 0.1) is 6.92 Å². The minimum Gasteiger partial charge on any atom is -0.493 e. The monoisotopic (exact) mass is 543 g/mol. The number of hydrogen-bond acceptors (Lipinski definition) is 6. The molecule has 0 saturated heterocycles. The van der Waals surface area contributed by atoms with Crippen LogP contribution in [0.25, 0.3) is 0 Å². The number of furan rings is 1. The fourth-order valence-corrected chi connectivity index (χ4v) is 4.03. The average Bonchev–Trinajstić information content (AvgIpc) is 3.32. The summed E-state index contributed by atoms with van der Waals surface area (Å²) in [6, 6.07) is 15.8. The molecule has 0 saturated carbocycles. The second kappa shape index (κ2) is 14.3. The first kappa shape index (κ1) is 28.9. The molecule has 0 bridgehead atoms. The molecule has 3 rings (SSSR count). The molecule has 3 amide bonds. The molecule has 1 heterocycles. The number of nitrogens with zero attached hydrogens (tertiary/aromatic N) is 2. The van der Waals surface area contributed by atoms with E-state index in [-0.39, 0.29) is 32.1 Å². The van der Waals surface area contributed by atoms with Crippen LogP contribution in [-0.2, 0) is 22.5 Å². The molecule has 0 fully saturated rings. The summed E-state index contributed by atoms with van der Waals surface area (Å²) in [6.45, 7) is 2.90. The highest BCUT2D eigenvalue weighted by atomic mass is 35.5. The van der Waals surface area contributed by atoms with E-state index in [9.17, 15) is 9.59 Å². The number of nitrogens with one attached hydrogen (secondary N) is 1. The van der Waals surface area contributed by atoms with E-state index in [1.54, 1.807) is 50.5 Å². The van der Waals surface area contributed by atoms with E-state index < -0.39 is 6.03 Å². The van der Waals surface area contributed by atoms with Crippen molar-refractivity contribution in [1.82, 2.24) is 9.80 Å². The molecule has 10 heteroatoms. The number of aryl methyl sites for hydroxylation is 1. The standard InChI is InChI=1S/C28H34ClN3O6/c1-20-8-10-24(38-20)18-31(13-12-21-9-11-25(36-3)26(16-21)37-4)27(33)19-32(14-15-35-2)28(34)30-23-7-5-6-22(29)17-23/h5-11,16-17H,12-15,18-19H2,1-4H3,(H,30,34). The number of benzene rings is 2. The van der Waals surface area contributed by atoms with Crippen molar-refractivity contribution in [3.63, 3.8) is 0 Å². The third kappa shape index (κ3) is 8.43. The van der Waals surface area contributed by atoms with Gasteiger partial charge in [-0.15, -0.1) is 0 Å². The number of carbonyl (C=O) groups is 2. The van der Waals surface area contributed by atoms with Crippen LogP contribution >= 0.6 is 11.6 Å². The second-order valence-electron chi connectivity index (χ2n) is 8.62. The average molecular weight is 544 g/mol. The summed E-state index contributed by atoms with van der Waals surface area (Å²) in [5, 5.41) is 3.30. The first-order chi connectivity index (χ1) is 18.3. The normalized spacial score (nSPS) is 10.7. The topological polar surface area (TPSA) is 93.5 Å². The number of hydrogen-bond donors (Lipinski definition) is 1. The van der Waals surface area contributed by atoms with Gasteiger partial charge in [-0.3, -0.25) is 4.79 Å². The molecule has 204 valence electrons. The SMILES string of the molecule is COCCN(CC(=O)N(CCc1ccc(OC)c(OC)c1)Cc1ccc(C)o1)C(=O)Nc1cccc(Cl)c1. The van der Waals surface area contributed by atoms with Gasteiger partial charge < -0.3 is 33.7 Å². The van der Waals surface area contributed by atoms with Crippen molar-refractivity contribution in [3.05, 3.63) is 76.7 Å². The van der Waals surface area contributed by atoms with E-state index in [1.807, 2.05) is 37.3 Å². The minimum absolute atomic E-state index is 0.138. The van der Waals surface area contributed by atoms with Crippen LogP contribution in [-0.4, -0.2) is 69.3 Å². The predicted molar refractivity (Wildman–Crippen MR) is 146 cm³/mol. The molecule has 0 aliphatic carbocycles. The third-order valence-electron chi connectivity index (χ3n) is 5.87. The lowest BCUT2D eigenvalue weighted by atomic mass is 10.1. The highest BCUT2D eigenvalue weighted by molar-refractivity contribution is 6.30. The molecule has 0 unspecified atom stereocenters. The number of urea groups is 1. The van der Waals surface area contributed by atoms with Crippen LogP contribution in [0.5, 0.6) is 11.5 Å². The molecule has 3 aromatic rings. The zero-order valence-electron chi connectivity index (χ0n) is 22.2. The fourth-order valence-electron chi connectivity index (χ4n) is 3.84. The number of amides is 3. The van der Waals surface area contributed by atoms with Gasteiger partial charge >= 0.3 is 6.03 Å². The maximum Gasteiger partial charge on any atom is 0.322 e. The number of rotatable bonds is 13. The van der Waals surface area contributed by atoms with Crippen LogP contribution in [0.3, 0.4) is 0 Å². The lowest BCUT2D eigenvalue weighted by Gasteiger charge is -2.27. The Hall–Kier alpha value is -3.69. The van der Waals surface area contributed by atoms with Crippen LogP contribution < -0.4 is 14.8 Å². The third-order valence-corrected chi connectivity index (χ3v) is 6.10. The van der Waals surface area contributed by atoms with Crippen LogP contribution in [0.2, 0.25) is 5.02 Å². The number of ether oxygens (including phenoxy) is 3. The summed E-state index contributed by atoms with van der Waals surface area (Å²) < 4.78 is 21.6. The summed E-state index contributed by atoms with van der Waals surface area (Å²) in [5.74, 6) is 2.45. The summed E-state index contributed by atoms with van der Waals surface area (Å²) in [4.78, 5) is 29.7. The van der Waals surface area contributed by atoms with Crippen LogP contribution in [0.1, 0.15) is 17.1 Å². The molecule has 0 radical (unpaired) electrons. The fraction of sp³-hybridized carbons (Fsp3) is 0.357. The first-order valence-electron chi connectivity index (χ1n) is 12.2. The second-order valence-corrected chi connectivity index (χ2v) is 9.06. The van der Waals surface area contributed by atoms with Crippen molar-refractivity contribution in [3.8, 4) is 11.5 Å². The van der Waals surface area contributed by atoms with Crippen molar-refractivity contribution in [2.75, 3.05) is 52.9 Å². The van der Waals surface area contributed by atoms with Gasteiger partial charge in [0.2, 0.25) is 5.91 Å². The molecule has 1 N–H and O–H groups in total. The molecular weight excluding hydrogens is 510 g/mol. The van der Waals surface area contributed by atoms with Crippen molar-refractivity contribution < 1.29 is 28.2 Å². The van der Waals surface area contributed by atoms with Gasteiger partial charge in [-0.25, -0.2) is 4.79 Å². The van der Waals surface area contributed by atoms with Crippen LogP contribution in [0.15, 0.2) is 59.0 Å². The molecule has 2 aromatic carbocycles. The van der Waals surface area contributed by atoms with Gasteiger partial charge in [0, 0.05) is 30.9 Å². The van der Waals surface area contributed by atoms with E-state index in [2.05, 4.69) is 5.32 Å². The van der Waals surface area contributed by atoms with Gasteiger partial charge in [0.15, 0.2) is 11.5 Å². The molecule has 0 aliphatic heterocycles. The van der Waals surface area contributed by atoms with E-state index >= 15 is 0 Å². The number of methoxy groups -OCH3 is 3. The Morgan fingerprint density at radius 1 is 0.947 bits per heavy atom. The molecule has 9 nitrogen and oxygen atoms in total. The van der Waals surface area contributed by atoms with Crippen molar-refractivity contribution in [2.45, 2.75) is 19.9 Å².